The predicted molar refractivity (Wildman–Crippen MR) is 46.8 cm³/mol. The molecule has 0 saturated carbocycles. The lowest BCUT2D eigenvalue weighted by molar-refractivity contribution is -0.112. The first-order valence-electron chi connectivity index (χ1n) is 3.10. The predicted octanol–water partition coefficient (Wildman–Crippen LogP) is 3.00. The summed E-state index contributed by atoms with van der Waals surface area (Å²) in [6, 6.07) is 0. The summed E-state index contributed by atoms with van der Waals surface area (Å²) in [5, 5.41) is -0.232. The van der Waals surface area contributed by atoms with Crippen molar-refractivity contribution in [1.29, 1.82) is 0 Å². The number of hydrogen-bond donors (Lipinski definition) is 0. The van der Waals surface area contributed by atoms with Crippen LogP contribution in [0.25, 0.3) is 0 Å². The van der Waals surface area contributed by atoms with E-state index in [1.807, 2.05) is 0 Å². The van der Waals surface area contributed by atoms with Crippen LogP contribution in [-0.2, 0) is 4.79 Å². The number of carbonyl (C=O) groups excluding carboxylic acids is 1. The molecule has 3 heteroatoms. The second-order valence-corrected chi connectivity index (χ2v) is 3.84. The summed E-state index contributed by atoms with van der Waals surface area (Å²) in [5.41, 5.74) is 0.227. The van der Waals surface area contributed by atoms with Gasteiger partial charge in [-0.1, -0.05) is 20.8 Å². The molecule has 0 aliphatic heterocycles. The van der Waals surface area contributed by atoms with E-state index in [0.29, 0.717) is 6.42 Å². The molecule has 0 aliphatic rings. The van der Waals surface area contributed by atoms with E-state index in [9.17, 15) is 4.79 Å². The van der Waals surface area contributed by atoms with Crippen molar-refractivity contribution in [2.75, 3.05) is 0 Å². The van der Waals surface area contributed by atoms with Gasteiger partial charge in [-0.2, -0.15) is 0 Å². The fourth-order valence-electron chi connectivity index (χ4n) is 0.473. The maximum Gasteiger partial charge on any atom is 0.221 e. The van der Waals surface area contributed by atoms with Crippen molar-refractivity contribution < 1.29 is 4.79 Å². The average molecular weight is 185 g/mol. The van der Waals surface area contributed by atoms with Gasteiger partial charge in [0.2, 0.25) is 5.24 Å². The molecule has 0 spiro atoms. The van der Waals surface area contributed by atoms with Crippen molar-refractivity contribution in [2.45, 2.75) is 33.6 Å². The van der Waals surface area contributed by atoms with E-state index in [4.69, 9.17) is 11.6 Å². The largest absolute Gasteiger partial charge is 0.281 e. The number of halogens is 2. The minimum absolute atomic E-state index is 0. The van der Waals surface area contributed by atoms with Gasteiger partial charge in [0.25, 0.3) is 0 Å². The number of carbonyl (C=O) groups is 1. The van der Waals surface area contributed by atoms with Crippen molar-refractivity contribution in [2.24, 2.45) is 5.41 Å². The molecule has 0 aromatic heterocycles. The molecule has 0 fully saturated rings. The molecule has 0 atom stereocenters. The van der Waals surface area contributed by atoms with E-state index >= 15 is 0 Å². The fourth-order valence-corrected chi connectivity index (χ4v) is 0.568. The van der Waals surface area contributed by atoms with Gasteiger partial charge >= 0.3 is 0 Å². The molecule has 0 N–H and O–H groups in total. The lowest BCUT2D eigenvalue weighted by Crippen LogP contribution is -2.05. The number of rotatable bonds is 2. The highest BCUT2D eigenvalue weighted by atomic mass is 35.5. The molecule has 0 amide bonds. The standard InChI is InChI=1S/C7H13ClO.ClH/c1-7(2,3)5-4-6(8)9;/h4-5H2,1-3H3;1H. The molecule has 0 aliphatic carbocycles. The Morgan fingerprint density at radius 3 is 1.90 bits per heavy atom. The Bertz CT molecular complexity index is 105. The van der Waals surface area contributed by atoms with Crippen molar-refractivity contribution in [1.82, 2.24) is 0 Å². The highest BCUT2D eigenvalue weighted by Gasteiger charge is 2.10. The molecule has 0 unspecified atom stereocenters. The summed E-state index contributed by atoms with van der Waals surface area (Å²) in [7, 11) is 0. The molecular formula is C7H14Cl2O. The molecule has 0 aromatic rings. The summed E-state index contributed by atoms with van der Waals surface area (Å²) in [5.74, 6) is 0. The smallest absolute Gasteiger partial charge is 0.221 e. The van der Waals surface area contributed by atoms with E-state index < -0.39 is 0 Å². The van der Waals surface area contributed by atoms with Crippen LogP contribution in [0.2, 0.25) is 0 Å². The Labute approximate surface area is 73.5 Å². The van der Waals surface area contributed by atoms with Crippen LogP contribution in [-0.4, -0.2) is 5.24 Å². The highest BCUT2D eigenvalue weighted by molar-refractivity contribution is 6.63. The zero-order valence-electron chi connectivity index (χ0n) is 6.61. The van der Waals surface area contributed by atoms with Gasteiger partial charge in [-0.05, 0) is 23.4 Å². The third-order valence-corrected chi connectivity index (χ3v) is 1.26. The second kappa shape index (κ2) is 4.97. The Morgan fingerprint density at radius 1 is 1.40 bits per heavy atom. The van der Waals surface area contributed by atoms with Gasteiger partial charge in [0, 0.05) is 6.42 Å². The average Bonchev–Trinajstić information content (AvgIpc) is 1.59. The summed E-state index contributed by atoms with van der Waals surface area (Å²) in [4.78, 5) is 10.3. The molecule has 0 bridgehead atoms. The van der Waals surface area contributed by atoms with Gasteiger partial charge in [-0.25, -0.2) is 0 Å². The number of hydrogen-bond acceptors (Lipinski definition) is 1. The van der Waals surface area contributed by atoms with E-state index in [2.05, 4.69) is 20.8 Å². The van der Waals surface area contributed by atoms with Gasteiger partial charge in [-0.3, -0.25) is 4.79 Å². The molecular weight excluding hydrogens is 171 g/mol. The minimum atomic E-state index is -0.232. The first-order valence-corrected chi connectivity index (χ1v) is 3.48. The molecule has 0 radical (unpaired) electrons. The topological polar surface area (TPSA) is 17.1 Å². The zero-order chi connectivity index (χ0) is 7.49. The van der Waals surface area contributed by atoms with Gasteiger partial charge < -0.3 is 0 Å². The molecule has 0 saturated heterocycles. The highest BCUT2D eigenvalue weighted by Crippen LogP contribution is 2.20. The van der Waals surface area contributed by atoms with Gasteiger partial charge in [0.05, 0.1) is 0 Å². The van der Waals surface area contributed by atoms with Crippen molar-refractivity contribution in [3.8, 4) is 0 Å². The monoisotopic (exact) mass is 184 g/mol. The third-order valence-electron chi connectivity index (χ3n) is 1.07. The van der Waals surface area contributed by atoms with Gasteiger partial charge in [0.1, 0.15) is 0 Å². The summed E-state index contributed by atoms with van der Waals surface area (Å²) in [6.45, 7) is 6.27. The molecule has 0 aromatic carbocycles. The van der Waals surface area contributed by atoms with Crippen molar-refractivity contribution >= 4 is 29.3 Å². The van der Waals surface area contributed by atoms with Crippen molar-refractivity contribution in [3.63, 3.8) is 0 Å². The molecule has 62 valence electrons. The van der Waals surface area contributed by atoms with Crippen LogP contribution in [0.3, 0.4) is 0 Å². The van der Waals surface area contributed by atoms with Crippen LogP contribution < -0.4 is 0 Å². The quantitative estimate of drug-likeness (QED) is 0.604. The minimum Gasteiger partial charge on any atom is -0.281 e. The summed E-state index contributed by atoms with van der Waals surface area (Å²) < 4.78 is 0. The first-order chi connectivity index (χ1) is 3.92. The van der Waals surface area contributed by atoms with Crippen LogP contribution >= 0.6 is 24.0 Å². The summed E-state index contributed by atoms with van der Waals surface area (Å²) >= 11 is 5.14. The zero-order valence-corrected chi connectivity index (χ0v) is 8.18. The summed E-state index contributed by atoms with van der Waals surface area (Å²) in [6.07, 6.45) is 1.36. The van der Waals surface area contributed by atoms with E-state index in [1.165, 1.54) is 0 Å². The van der Waals surface area contributed by atoms with Gasteiger partial charge in [-0.15, -0.1) is 12.4 Å². The lowest BCUT2D eigenvalue weighted by atomic mass is 9.91. The van der Waals surface area contributed by atoms with Crippen LogP contribution in [0.4, 0.5) is 0 Å². The van der Waals surface area contributed by atoms with E-state index in [0.717, 1.165) is 6.42 Å². The molecule has 0 rings (SSSR count). The fraction of sp³-hybridized carbons (Fsp3) is 0.857. The van der Waals surface area contributed by atoms with Crippen LogP contribution in [0.15, 0.2) is 0 Å². The van der Waals surface area contributed by atoms with Crippen molar-refractivity contribution in [3.05, 3.63) is 0 Å². The van der Waals surface area contributed by atoms with Crippen LogP contribution in [0.1, 0.15) is 33.6 Å². The Kier molecular flexibility index (Phi) is 6.41. The third kappa shape index (κ3) is 11.1. The normalized spacial score (nSPS) is 10.4. The SMILES string of the molecule is CC(C)(C)CCC(=O)Cl.Cl. The second-order valence-electron chi connectivity index (χ2n) is 3.42. The molecule has 0 heterocycles. The maximum atomic E-state index is 10.3. The molecule has 1 nitrogen and oxygen atoms in total. The van der Waals surface area contributed by atoms with E-state index in [1.54, 1.807) is 0 Å². The van der Waals surface area contributed by atoms with Gasteiger partial charge in [0.15, 0.2) is 0 Å². The molecule has 10 heavy (non-hydrogen) atoms. The Balaban J connectivity index is 0. The Morgan fingerprint density at radius 2 is 1.80 bits per heavy atom. The van der Waals surface area contributed by atoms with Crippen LogP contribution in [0, 0.1) is 5.41 Å². The first kappa shape index (κ1) is 12.9. The Hall–Kier alpha value is 0.250. The maximum absolute atomic E-state index is 10.3. The van der Waals surface area contributed by atoms with E-state index in [-0.39, 0.29) is 23.1 Å². The lowest BCUT2D eigenvalue weighted by Gasteiger charge is -2.15. The van der Waals surface area contributed by atoms with Crippen LogP contribution in [0.5, 0.6) is 0 Å².